The number of nitrogen functional groups attached to an aromatic ring is 1. The van der Waals surface area contributed by atoms with Crippen LogP contribution in [-0.2, 0) is 0 Å². The van der Waals surface area contributed by atoms with Gasteiger partial charge in [0, 0.05) is 44.6 Å². The highest BCUT2D eigenvalue weighted by molar-refractivity contribution is 5.99. The van der Waals surface area contributed by atoms with E-state index >= 15 is 0 Å². The number of hydrogen-bond acceptors (Lipinski definition) is 4. The summed E-state index contributed by atoms with van der Waals surface area (Å²) in [5, 5.41) is 3.37. The highest BCUT2D eigenvalue weighted by Crippen LogP contribution is 2.26. The first-order chi connectivity index (χ1) is 10.0. The van der Waals surface area contributed by atoms with Gasteiger partial charge < -0.3 is 16.0 Å². The van der Waals surface area contributed by atoms with Gasteiger partial charge >= 0.3 is 0 Å². The van der Waals surface area contributed by atoms with E-state index in [2.05, 4.69) is 17.1 Å². The molecule has 116 valence electrons. The van der Waals surface area contributed by atoms with E-state index in [4.69, 9.17) is 5.73 Å². The summed E-state index contributed by atoms with van der Waals surface area (Å²) in [6.07, 6.45) is 2.63. The first kappa shape index (κ1) is 15.6. The van der Waals surface area contributed by atoms with Gasteiger partial charge in [-0.05, 0) is 37.6 Å². The average molecular weight is 290 g/mol. The van der Waals surface area contributed by atoms with E-state index in [1.54, 1.807) is 31.1 Å². The van der Waals surface area contributed by atoms with Crippen molar-refractivity contribution < 1.29 is 4.79 Å². The zero-order valence-corrected chi connectivity index (χ0v) is 13.2. The molecule has 1 aromatic carbocycles. The summed E-state index contributed by atoms with van der Waals surface area (Å²) in [6, 6.07) is 6.16. The zero-order chi connectivity index (χ0) is 15.4. The maximum absolute atomic E-state index is 12.2. The Labute approximate surface area is 127 Å². The van der Waals surface area contributed by atoms with Crippen LogP contribution in [0.1, 0.15) is 30.1 Å². The van der Waals surface area contributed by atoms with Crippen LogP contribution in [0.4, 0.5) is 11.4 Å². The number of nitrogens with zero attached hydrogens (tertiary/aromatic N) is 2. The highest BCUT2D eigenvalue weighted by Gasteiger charge is 2.27. The van der Waals surface area contributed by atoms with Crippen molar-refractivity contribution >= 4 is 17.3 Å². The van der Waals surface area contributed by atoms with Crippen molar-refractivity contribution in [2.24, 2.45) is 0 Å². The summed E-state index contributed by atoms with van der Waals surface area (Å²) in [7, 11) is 3.52. The van der Waals surface area contributed by atoms with Gasteiger partial charge in [-0.2, -0.15) is 0 Å². The number of benzene rings is 1. The van der Waals surface area contributed by atoms with Gasteiger partial charge in [-0.1, -0.05) is 6.92 Å². The smallest absolute Gasteiger partial charge is 0.255 e. The number of rotatable bonds is 7. The van der Waals surface area contributed by atoms with E-state index in [1.165, 1.54) is 12.8 Å². The number of nitrogens with two attached hydrogens (primary N) is 1. The molecule has 0 heterocycles. The number of amides is 1. The summed E-state index contributed by atoms with van der Waals surface area (Å²) in [5.74, 6) is -0.00737. The lowest BCUT2D eigenvalue weighted by Gasteiger charge is -2.21. The highest BCUT2D eigenvalue weighted by atomic mass is 16.2. The van der Waals surface area contributed by atoms with Crippen molar-refractivity contribution in [3.8, 4) is 0 Å². The van der Waals surface area contributed by atoms with Crippen molar-refractivity contribution in [2.75, 3.05) is 44.8 Å². The number of hydrogen-bond donors (Lipinski definition) is 2. The Morgan fingerprint density at radius 3 is 2.67 bits per heavy atom. The van der Waals surface area contributed by atoms with Gasteiger partial charge in [-0.3, -0.25) is 9.69 Å². The molecule has 21 heavy (non-hydrogen) atoms. The molecule has 0 saturated heterocycles. The maximum Gasteiger partial charge on any atom is 0.255 e. The fourth-order valence-corrected chi connectivity index (χ4v) is 2.51. The van der Waals surface area contributed by atoms with Gasteiger partial charge in [0.2, 0.25) is 0 Å². The Balaban J connectivity index is 2.00. The summed E-state index contributed by atoms with van der Waals surface area (Å²) in [6.45, 7) is 5.08. The Morgan fingerprint density at radius 2 is 2.10 bits per heavy atom. The van der Waals surface area contributed by atoms with Gasteiger partial charge in [0.1, 0.15) is 0 Å². The molecule has 1 aliphatic carbocycles. The number of nitrogens with one attached hydrogen (secondary N) is 1. The molecule has 5 nitrogen and oxygen atoms in total. The summed E-state index contributed by atoms with van der Waals surface area (Å²) in [5.41, 5.74) is 8.00. The minimum atomic E-state index is -0.00737. The Bertz CT molecular complexity index is 497. The lowest BCUT2D eigenvalue weighted by Crippen LogP contribution is -2.31. The molecule has 0 unspecified atom stereocenters. The number of carbonyl (C=O) groups is 1. The molecular weight excluding hydrogens is 264 g/mol. The zero-order valence-electron chi connectivity index (χ0n) is 13.2. The Kier molecular flexibility index (Phi) is 5.07. The van der Waals surface area contributed by atoms with Crippen LogP contribution in [0, 0.1) is 0 Å². The molecule has 0 aromatic heterocycles. The SMILES string of the molecule is CCN(CCNc1cc(N)ccc1C(=O)N(C)C)C1CC1. The molecule has 3 N–H and O–H groups in total. The molecule has 0 bridgehead atoms. The van der Waals surface area contributed by atoms with Gasteiger partial charge in [0.15, 0.2) is 0 Å². The van der Waals surface area contributed by atoms with Gasteiger partial charge in [0.25, 0.3) is 5.91 Å². The maximum atomic E-state index is 12.2. The third-order valence-electron chi connectivity index (χ3n) is 3.86. The predicted molar refractivity (Wildman–Crippen MR) is 87.6 cm³/mol. The van der Waals surface area contributed by atoms with Crippen LogP contribution >= 0.6 is 0 Å². The van der Waals surface area contributed by atoms with Crippen LogP contribution in [-0.4, -0.2) is 55.5 Å². The minimum absolute atomic E-state index is 0.00737. The molecule has 5 heteroatoms. The van der Waals surface area contributed by atoms with Crippen LogP contribution in [0.2, 0.25) is 0 Å². The van der Waals surface area contributed by atoms with Crippen molar-refractivity contribution in [3.63, 3.8) is 0 Å². The molecule has 1 saturated carbocycles. The van der Waals surface area contributed by atoms with E-state index < -0.39 is 0 Å². The first-order valence-electron chi connectivity index (χ1n) is 7.62. The topological polar surface area (TPSA) is 61.6 Å². The molecule has 0 atom stereocenters. The van der Waals surface area contributed by atoms with E-state index in [0.717, 1.165) is 31.4 Å². The van der Waals surface area contributed by atoms with E-state index in [0.29, 0.717) is 11.3 Å². The molecule has 1 aromatic rings. The number of anilines is 2. The van der Waals surface area contributed by atoms with E-state index in [-0.39, 0.29) is 5.91 Å². The number of likely N-dealkylation sites (N-methyl/N-ethyl adjacent to an activating group) is 1. The van der Waals surface area contributed by atoms with Crippen molar-refractivity contribution in [3.05, 3.63) is 23.8 Å². The normalized spacial score (nSPS) is 14.3. The number of carbonyl (C=O) groups excluding carboxylic acids is 1. The fourth-order valence-electron chi connectivity index (χ4n) is 2.51. The summed E-state index contributed by atoms with van der Waals surface area (Å²) in [4.78, 5) is 16.2. The third kappa shape index (κ3) is 4.11. The van der Waals surface area contributed by atoms with E-state index in [1.807, 2.05) is 6.07 Å². The van der Waals surface area contributed by atoms with Crippen LogP contribution < -0.4 is 11.1 Å². The standard InChI is InChI=1S/C16H26N4O/c1-4-20(13-6-7-13)10-9-18-15-11-12(17)5-8-14(15)16(21)19(2)3/h5,8,11,13,18H,4,6-7,9-10,17H2,1-3H3. The van der Waals surface area contributed by atoms with E-state index in [9.17, 15) is 4.79 Å². The minimum Gasteiger partial charge on any atom is -0.399 e. The quantitative estimate of drug-likeness (QED) is 0.753. The Morgan fingerprint density at radius 1 is 1.38 bits per heavy atom. The van der Waals surface area contributed by atoms with Gasteiger partial charge in [0.05, 0.1) is 5.56 Å². The van der Waals surface area contributed by atoms with Crippen LogP contribution in [0.15, 0.2) is 18.2 Å². The van der Waals surface area contributed by atoms with Crippen molar-refractivity contribution in [2.45, 2.75) is 25.8 Å². The van der Waals surface area contributed by atoms with Crippen LogP contribution in [0.25, 0.3) is 0 Å². The average Bonchev–Trinajstić information content (AvgIpc) is 3.27. The third-order valence-corrected chi connectivity index (χ3v) is 3.86. The second-order valence-electron chi connectivity index (χ2n) is 5.79. The lowest BCUT2D eigenvalue weighted by molar-refractivity contribution is 0.0828. The van der Waals surface area contributed by atoms with Crippen LogP contribution in [0.3, 0.4) is 0 Å². The second kappa shape index (κ2) is 6.80. The second-order valence-corrected chi connectivity index (χ2v) is 5.79. The molecule has 0 aliphatic heterocycles. The monoisotopic (exact) mass is 290 g/mol. The van der Waals surface area contributed by atoms with Crippen molar-refractivity contribution in [1.82, 2.24) is 9.80 Å². The Hall–Kier alpha value is -1.75. The lowest BCUT2D eigenvalue weighted by atomic mass is 10.1. The van der Waals surface area contributed by atoms with Gasteiger partial charge in [-0.25, -0.2) is 0 Å². The predicted octanol–water partition coefficient (Wildman–Crippen LogP) is 1.87. The molecule has 0 spiro atoms. The molecule has 2 rings (SSSR count). The largest absolute Gasteiger partial charge is 0.399 e. The molecule has 0 radical (unpaired) electrons. The molecule has 1 fully saturated rings. The van der Waals surface area contributed by atoms with Crippen LogP contribution in [0.5, 0.6) is 0 Å². The molecule has 1 aliphatic rings. The molecule has 1 amide bonds. The first-order valence-corrected chi connectivity index (χ1v) is 7.62. The van der Waals surface area contributed by atoms with Crippen molar-refractivity contribution in [1.29, 1.82) is 0 Å². The fraction of sp³-hybridized carbons (Fsp3) is 0.562. The molecular formula is C16H26N4O. The van der Waals surface area contributed by atoms with Gasteiger partial charge in [-0.15, -0.1) is 0 Å². The summed E-state index contributed by atoms with van der Waals surface area (Å²) >= 11 is 0. The summed E-state index contributed by atoms with van der Waals surface area (Å²) < 4.78 is 0.